The molecule has 0 radical (unpaired) electrons. The summed E-state index contributed by atoms with van der Waals surface area (Å²) in [5.41, 5.74) is 6.10. The van der Waals surface area contributed by atoms with E-state index in [4.69, 9.17) is 18.0 Å². The van der Waals surface area contributed by atoms with Gasteiger partial charge in [0, 0.05) is 16.5 Å². The fourth-order valence-electron chi connectivity index (χ4n) is 0.883. The van der Waals surface area contributed by atoms with Gasteiger partial charge in [-0.25, -0.2) is 0 Å². The van der Waals surface area contributed by atoms with Crippen molar-refractivity contribution in [2.75, 3.05) is 0 Å². The second kappa shape index (κ2) is 3.87. The van der Waals surface area contributed by atoms with E-state index in [1.54, 1.807) is 18.2 Å². The molecule has 0 atom stereocenters. The van der Waals surface area contributed by atoms with E-state index in [1.165, 1.54) is 0 Å². The van der Waals surface area contributed by atoms with E-state index in [0.717, 1.165) is 10.0 Å². The standard InChI is InChI=1S/C8H8BrNOS/c9-6-1-2-7(11)5(3-6)4-8(10)12/h1-3,11H,4H2,(H2,10,12). The van der Waals surface area contributed by atoms with Gasteiger partial charge >= 0.3 is 0 Å². The number of phenolic OH excluding ortho intramolecular Hbond substituents is 1. The smallest absolute Gasteiger partial charge is 0.119 e. The van der Waals surface area contributed by atoms with Gasteiger partial charge in [-0.15, -0.1) is 0 Å². The molecule has 0 saturated carbocycles. The predicted molar refractivity (Wildman–Crippen MR) is 56.3 cm³/mol. The van der Waals surface area contributed by atoms with Gasteiger partial charge in [0.15, 0.2) is 0 Å². The Kier molecular flexibility index (Phi) is 3.05. The van der Waals surface area contributed by atoms with Gasteiger partial charge in [-0.05, 0) is 18.2 Å². The maximum Gasteiger partial charge on any atom is 0.119 e. The molecule has 1 aromatic rings. The predicted octanol–water partition coefficient (Wildman–Crippen LogP) is 1.98. The van der Waals surface area contributed by atoms with Crippen LogP contribution in [0.5, 0.6) is 5.75 Å². The molecule has 64 valence electrons. The molecular formula is C8H8BrNOS. The van der Waals surface area contributed by atoms with Crippen molar-refractivity contribution in [1.29, 1.82) is 0 Å². The van der Waals surface area contributed by atoms with Crippen LogP contribution in [0.2, 0.25) is 0 Å². The van der Waals surface area contributed by atoms with E-state index in [0.29, 0.717) is 11.4 Å². The molecule has 0 aliphatic carbocycles. The zero-order chi connectivity index (χ0) is 9.14. The average Bonchev–Trinajstić information content (AvgIpc) is 1.96. The lowest BCUT2D eigenvalue weighted by atomic mass is 10.1. The van der Waals surface area contributed by atoms with E-state index >= 15 is 0 Å². The fraction of sp³-hybridized carbons (Fsp3) is 0.125. The SMILES string of the molecule is NC(=S)Cc1cc(Br)ccc1O. The number of hydrogen-bond donors (Lipinski definition) is 2. The number of rotatable bonds is 2. The summed E-state index contributed by atoms with van der Waals surface area (Å²) in [4.78, 5) is 0.378. The highest BCUT2D eigenvalue weighted by molar-refractivity contribution is 9.10. The van der Waals surface area contributed by atoms with E-state index in [9.17, 15) is 5.11 Å². The second-order valence-corrected chi connectivity index (χ2v) is 3.86. The number of benzene rings is 1. The summed E-state index contributed by atoms with van der Waals surface area (Å²) in [5.74, 6) is 0.228. The van der Waals surface area contributed by atoms with Crippen LogP contribution in [0.15, 0.2) is 22.7 Å². The molecule has 0 amide bonds. The van der Waals surface area contributed by atoms with Gasteiger partial charge in [-0.2, -0.15) is 0 Å². The summed E-state index contributed by atoms with van der Waals surface area (Å²) in [6.07, 6.45) is 0.431. The highest BCUT2D eigenvalue weighted by Crippen LogP contribution is 2.21. The van der Waals surface area contributed by atoms with Crippen LogP contribution in [0.25, 0.3) is 0 Å². The minimum atomic E-state index is 0.228. The first-order valence-electron chi connectivity index (χ1n) is 3.35. The molecule has 0 bridgehead atoms. The average molecular weight is 246 g/mol. The van der Waals surface area contributed by atoms with Crippen LogP contribution in [0.4, 0.5) is 0 Å². The molecule has 0 aliphatic heterocycles. The molecule has 12 heavy (non-hydrogen) atoms. The second-order valence-electron chi connectivity index (χ2n) is 2.42. The zero-order valence-corrected chi connectivity index (χ0v) is 8.65. The van der Waals surface area contributed by atoms with Crippen molar-refractivity contribution >= 4 is 33.1 Å². The molecule has 0 spiro atoms. The van der Waals surface area contributed by atoms with Gasteiger partial charge in [0.1, 0.15) is 5.75 Å². The van der Waals surface area contributed by atoms with Gasteiger partial charge in [0.2, 0.25) is 0 Å². The Morgan fingerprint density at radius 2 is 2.25 bits per heavy atom. The van der Waals surface area contributed by atoms with Gasteiger partial charge < -0.3 is 10.8 Å². The van der Waals surface area contributed by atoms with E-state index < -0.39 is 0 Å². The first-order chi connectivity index (χ1) is 5.59. The molecule has 1 rings (SSSR count). The van der Waals surface area contributed by atoms with Crippen molar-refractivity contribution in [3.63, 3.8) is 0 Å². The Morgan fingerprint density at radius 1 is 1.58 bits per heavy atom. The molecule has 0 unspecified atom stereocenters. The summed E-state index contributed by atoms with van der Waals surface area (Å²) in [6, 6.07) is 5.17. The molecule has 0 aromatic heterocycles. The number of hydrogen-bond acceptors (Lipinski definition) is 2. The van der Waals surface area contributed by atoms with Gasteiger partial charge in [-0.1, -0.05) is 28.1 Å². The van der Waals surface area contributed by atoms with Crippen LogP contribution in [0.3, 0.4) is 0 Å². The Hall–Kier alpha value is -0.610. The quantitative estimate of drug-likeness (QED) is 0.784. The lowest BCUT2D eigenvalue weighted by Crippen LogP contribution is -2.11. The normalized spacial score (nSPS) is 9.75. The molecular weight excluding hydrogens is 238 g/mol. The monoisotopic (exact) mass is 245 g/mol. The molecule has 2 nitrogen and oxygen atoms in total. The topological polar surface area (TPSA) is 46.2 Å². The van der Waals surface area contributed by atoms with E-state index in [2.05, 4.69) is 15.9 Å². The first-order valence-corrected chi connectivity index (χ1v) is 4.55. The van der Waals surface area contributed by atoms with Crippen LogP contribution in [-0.4, -0.2) is 10.1 Å². The van der Waals surface area contributed by atoms with Crippen LogP contribution < -0.4 is 5.73 Å². The van der Waals surface area contributed by atoms with Crippen molar-refractivity contribution in [3.8, 4) is 5.75 Å². The summed E-state index contributed by atoms with van der Waals surface area (Å²) in [6.45, 7) is 0. The highest BCUT2D eigenvalue weighted by Gasteiger charge is 2.02. The Bertz CT molecular complexity index is 314. The number of thiocarbonyl (C=S) groups is 1. The van der Waals surface area contributed by atoms with Gasteiger partial charge in [0.25, 0.3) is 0 Å². The molecule has 0 aliphatic rings. The first kappa shape index (κ1) is 9.48. The fourth-order valence-corrected chi connectivity index (χ4v) is 1.45. The summed E-state index contributed by atoms with van der Waals surface area (Å²) in [7, 11) is 0. The largest absolute Gasteiger partial charge is 0.508 e. The molecule has 0 saturated heterocycles. The van der Waals surface area contributed by atoms with Crippen LogP contribution in [-0.2, 0) is 6.42 Å². The maximum absolute atomic E-state index is 9.35. The number of halogens is 1. The summed E-state index contributed by atoms with van der Waals surface area (Å²) >= 11 is 8.02. The molecule has 4 heteroatoms. The van der Waals surface area contributed by atoms with Crippen molar-refractivity contribution < 1.29 is 5.11 Å². The van der Waals surface area contributed by atoms with Crippen LogP contribution in [0.1, 0.15) is 5.56 Å². The zero-order valence-electron chi connectivity index (χ0n) is 6.25. The molecule has 0 fully saturated rings. The number of aromatic hydroxyl groups is 1. The lowest BCUT2D eigenvalue weighted by Gasteiger charge is -2.02. The van der Waals surface area contributed by atoms with Crippen LogP contribution in [0, 0.1) is 0 Å². The summed E-state index contributed by atoms with van der Waals surface area (Å²) in [5, 5.41) is 9.35. The van der Waals surface area contributed by atoms with E-state index in [1.807, 2.05) is 0 Å². The molecule has 3 N–H and O–H groups in total. The molecule has 1 aromatic carbocycles. The van der Waals surface area contributed by atoms with Gasteiger partial charge in [-0.3, -0.25) is 0 Å². The van der Waals surface area contributed by atoms with Crippen molar-refractivity contribution in [2.24, 2.45) is 5.73 Å². The van der Waals surface area contributed by atoms with Crippen molar-refractivity contribution in [3.05, 3.63) is 28.2 Å². The third-order valence-corrected chi connectivity index (χ3v) is 2.04. The number of nitrogens with two attached hydrogens (primary N) is 1. The van der Waals surface area contributed by atoms with Crippen molar-refractivity contribution in [1.82, 2.24) is 0 Å². The Labute approximate surface area is 84.5 Å². The number of phenols is 1. The Balaban J connectivity index is 2.97. The van der Waals surface area contributed by atoms with Crippen LogP contribution >= 0.6 is 28.1 Å². The van der Waals surface area contributed by atoms with Gasteiger partial charge in [0.05, 0.1) is 4.99 Å². The molecule has 0 heterocycles. The summed E-state index contributed by atoms with van der Waals surface area (Å²) < 4.78 is 0.909. The minimum Gasteiger partial charge on any atom is -0.508 e. The highest BCUT2D eigenvalue weighted by atomic mass is 79.9. The van der Waals surface area contributed by atoms with Crippen molar-refractivity contribution in [2.45, 2.75) is 6.42 Å². The Morgan fingerprint density at radius 3 is 2.83 bits per heavy atom. The maximum atomic E-state index is 9.35. The third kappa shape index (κ3) is 2.46. The third-order valence-electron chi connectivity index (χ3n) is 1.41. The lowest BCUT2D eigenvalue weighted by molar-refractivity contribution is 0.470. The minimum absolute atomic E-state index is 0.228. The van der Waals surface area contributed by atoms with E-state index in [-0.39, 0.29) is 5.75 Å².